The lowest BCUT2D eigenvalue weighted by Gasteiger charge is -2.29. The molecule has 114 valence electrons. The summed E-state index contributed by atoms with van der Waals surface area (Å²) < 4.78 is 26.7. The van der Waals surface area contributed by atoms with Crippen LogP contribution in [0.15, 0.2) is 29.3 Å². The monoisotopic (exact) mass is 312 g/mol. The third-order valence-electron chi connectivity index (χ3n) is 3.76. The molecule has 0 aliphatic carbocycles. The molecule has 1 aliphatic heterocycles. The van der Waals surface area contributed by atoms with Crippen molar-refractivity contribution in [2.45, 2.75) is 44.2 Å². The summed E-state index contributed by atoms with van der Waals surface area (Å²) in [5, 5.41) is 2.91. The quantitative estimate of drug-likeness (QED) is 0.926. The fraction of sp³-hybridized carbons (Fsp3) is 0.467. The lowest BCUT2D eigenvalue weighted by Crippen LogP contribution is -2.48. The number of halogens is 2. The number of nitrogens with zero attached hydrogens (tertiary/aromatic N) is 1. The van der Waals surface area contributed by atoms with E-state index in [0.29, 0.717) is 10.7 Å². The van der Waals surface area contributed by atoms with Crippen molar-refractivity contribution in [2.24, 2.45) is 4.99 Å². The van der Waals surface area contributed by atoms with E-state index < -0.39 is 22.4 Å². The van der Waals surface area contributed by atoms with Gasteiger partial charge < -0.3 is 5.32 Å². The number of amides is 1. The van der Waals surface area contributed by atoms with Crippen LogP contribution in [0.5, 0.6) is 0 Å². The maximum Gasteiger partial charge on any atom is 0.245 e. The number of thioether (sulfide) groups is 1. The molecule has 1 aromatic rings. The van der Waals surface area contributed by atoms with Crippen molar-refractivity contribution in [1.82, 2.24) is 5.32 Å². The molecule has 0 radical (unpaired) electrons. The number of nitrogens with one attached hydrogen (secondary N) is 1. The molecule has 21 heavy (non-hydrogen) atoms. The van der Waals surface area contributed by atoms with E-state index in [1.807, 2.05) is 0 Å². The van der Waals surface area contributed by atoms with Crippen LogP contribution in [0.3, 0.4) is 0 Å². The number of alkyl halides is 1. The molecule has 1 aromatic carbocycles. The lowest BCUT2D eigenvalue weighted by molar-refractivity contribution is -0.124. The first-order chi connectivity index (χ1) is 9.65. The van der Waals surface area contributed by atoms with E-state index in [1.165, 1.54) is 19.9 Å². The van der Waals surface area contributed by atoms with Gasteiger partial charge in [-0.25, -0.2) is 8.78 Å². The largest absolute Gasteiger partial charge is 0.304 e. The lowest BCUT2D eigenvalue weighted by atomic mass is 9.93. The van der Waals surface area contributed by atoms with E-state index in [-0.39, 0.29) is 5.82 Å². The zero-order chi connectivity index (χ0) is 15.8. The topological polar surface area (TPSA) is 41.5 Å². The molecule has 1 heterocycles. The number of carbonyl (C=O) groups excluding carboxylic acids is 1. The minimum Gasteiger partial charge on any atom is -0.304 e. The maximum absolute atomic E-state index is 14.2. The Hall–Kier alpha value is -1.43. The maximum atomic E-state index is 14.2. The number of rotatable bonds is 3. The van der Waals surface area contributed by atoms with Gasteiger partial charge in [-0.05, 0) is 33.8 Å². The van der Waals surface area contributed by atoms with Crippen LogP contribution < -0.4 is 5.32 Å². The highest BCUT2D eigenvalue weighted by Crippen LogP contribution is 2.43. The predicted octanol–water partition coefficient (Wildman–Crippen LogP) is 3.61. The second kappa shape index (κ2) is 5.40. The van der Waals surface area contributed by atoms with Crippen molar-refractivity contribution in [1.29, 1.82) is 0 Å². The summed E-state index contributed by atoms with van der Waals surface area (Å²) in [6, 6.07) is 5.88. The molecule has 3 nitrogen and oxygen atoms in total. The van der Waals surface area contributed by atoms with Gasteiger partial charge in [-0.2, -0.15) is 0 Å². The third kappa shape index (κ3) is 2.95. The molecule has 1 aliphatic rings. The van der Waals surface area contributed by atoms with Crippen LogP contribution in [0.2, 0.25) is 0 Å². The molecule has 1 amide bonds. The molecule has 0 spiro atoms. The molecule has 0 unspecified atom stereocenters. The molecular weight excluding hydrogens is 294 g/mol. The van der Waals surface area contributed by atoms with E-state index >= 15 is 0 Å². The van der Waals surface area contributed by atoms with E-state index in [1.54, 1.807) is 32.0 Å². The fourth-order valence-electron chi connectivity index (χ4n) is 1.99. The van der Waals surface area contributed by atoms with Gasteiger partial charge in [0.05, 0.1) is 6.04 Å². The Morgan fingerprint density at radius 1 is 1.38 bits per heavy atom. The molecule has 1 N–H and O–H groups in total. The highest BCUT2D eigenvalue weighted by Gasteiger charge is 2.54. The Bertz CT molecular complexity index is 598. The van der Waals surface area contributed by atoms with E-state index in [9.17, 15) is 13.6 Å². The Morgan fingerprint density at radius 3 is 2.52 bits per heavy atom. The molecule has 2 atom stereocenters. The first-order valence-electron chi connectivity index (χ1n) is 6.67. The van der Waals surface area contributed by atoms with Gasteiger partial charge in [0.25, 0.3) is 0 Å². The van der Waals surface area contributed by atoms with Gasteiger partial charge in [0, 0.05) is 5.56 Å². The highest BCUT2D eigenvalue weighted by molar-refractivity contribution is 8.16. The normalized spacial score (nSPS) is 26.0. The summed E-state index contributed by atoms with van der Waals surface area (Å²) >= 11 is 1.05. The Morgan fingerprint density at radius 2 is 2.00 bits per heavy atom. The molecule has 6 heteroatoms. The van der Waals surface area contributed by atoms with Crippen LogP contribution in [-0.4, -0.2) is 21.5 Å². The van der Waals surface area contributed by atoms with Crippen LogP contribution in [0, 0.1) is 5.82 Å². The van der Waals surface area contributed by atoms with Crippen molar-refractivity contribution < 1.29 is 13.6 Å². The second-order valence-electron chi connectivity index (χ2n) is 5.69. The number of carbonyl (C=O) groups is 1. The average molecular weight is 312 g/mol. The average Bonchev–Trinajstić information content (AvgIpc) is 2.65. The Balaban J connectivity index is 2.25. The van der Waals surface area contributed by atoms with E-state index in [0.717, 1.165) is 11.8 Å². The van der Waals surface area contributed by atoms with Gasteiger partial charge in [-0.3, -0.25) is 9.79 Å². The Kier molecular flexibility index (Phi) is 4.10. The SMILES string of the molecule is C[C@H](N=C1NC(=O)[C@](C)(C(C)(C)F)S1)c1ccccc1F. The molecule has 0 saturated carbocycles. The smallest absolute Gasteiger partial charge is 0.245 e. The highest BCUT2D eigenvalue weighted by atomic mass is 32.2. The van der Waals surface area contributed by atoms with Gasteiger partial charge in [0.15, 0.2) is 5.17 Å². The summed E-state index contributed by atoms with van der Waals surface area (Å²) in [6.45, 7) is 6.00. The summed E-state index contributed by atoms with van der Waals surface area (Å²) in [5.41, 5.74) is -1.26. The van der Waals surface area contributed by atoms with E-state index in [4.69, 9.17) is 0 Å². The van der Waals surface area contributed by atoms with Crippen LogP contribution >= 0.6 is 11.8 Å². The Labute approximate surface area is 127 Å². The predicted molar refractivity (Wildman–Crippen MR) is 81.6 cm³/mol. The molecule has 0 bridgehead atoms. The molecule has 2 rings (SSSR count). The molecule has 1 saturated heterocycles. The van der Waals surface area contributed by atoms with Gasteiger partial charge >= 0.3 is 0 Å². The van der Waals surface area contributed by atoms with Crippen LogP contribution in [0.4, 0.5) is 8.78 Å². The van der Waals surface area contributed by atoms with Crippen molar-refractivity contribution >= 4 is 22.8 Å². The minimum absolute atomic E-state index is 0.323. The standard InChI is InChI=1S/C15H18F2N2OS/c1-9(10-7-5-6-8-11(10)16)18-13-19-12(20)15(4,21-13)14(2,3)17/h5-9H,1-4H3,(H,18,19,20)/t9-,15+/m0/s1. The zero-order valence-electron chi connectivity index (χ0n) is 12.4. The molecule has 1 fully saturated rings. The van der Waals surface area contributed by atoms with Gasteiger partial charge in [0.2, 0.25) is 5.91 Å². The molecular formula is C15H18F2N2OS. The van der Waals surface area contributed by atoms with Gasteiger partial charge in [-0.15, -0.1) is 0 Å². The molecule has 0 aromatic heterocycles. The number of hydrogen-bond acceptors (Lipinski definition) is 3. The minimum atomic E-state index is -1.69. The zero-order valence-corrected chi connectivity index (χ0v) is 13.2. The summed E-state index contributed by atoms with van der Waals surface area (Å²) in [7, 11) is 0. The van der Waals surface area contributed by atoms with Gasteiger partial charge in [-0.1, -0.05) is 30.0 Å². The van der Waals surface area contributed by atoms with Crippen LogP contribution in [-0.2, 0) is 4.79 Å². The summed E-state index contributed by atoms with van der Waals surface area (Å²) in [6.07, 6.45) is 0. The van der Waals surface area contributed by atoms with Crippen molar-refractivity contribution in [3.05, 3.63) is 35.6 Å². The van der Waals surface area contributed by atoms with E-state index in [2.05, 4.69) is 10.3 Å². The number of hydrogen-bond donors (Lipinski definition) is 1. The first-order valence-corrected chi connectivity index (χ1v) is 7.48. The van der Waals surface area contributed by atoms with Crippen molar-refractivity contribution in [3.8, 4) is 0 Å². The summed E-state index contributed by atoms with van der Waals surface area (Å²) in [5.74, 6) is -0.767. The van der Waals surface area contributed by atoms with Crippen molar-refractivity contribution in [3.63, 3.8) is 0 Å². The van der Waals surface area contributed by atoms with Crippen LogP contribution in [0.25, 0.3) is 0 Å². The number of aliphatic imine (C=N–C) groups is 1. The fourth-order valence-corrected chi connectivity index (χ4v) is 3.12. The first kappa shape index (κ1) is 15.9. The van der Waals surface area contributed by atoms with Crippen LogP contribution in [0.1, 0.15) is 39.3 Å². The number of benzene rings is 1. The number of amidine groups is 1. The third-order valence-corrected chi connectivity index (χ3v) is 5.24. The van der Waals surface area contributed by atoms with Crippen molar-refractivity contribution in [2.75, 3.05) is 0 Å². The second-order valence-corrected chi connectivity index (χ2v) is 7.10. The summed E-state index contributed by atoms with van der Waals surface area (Å²) in [4.78, 5) is 16.3. The van der Waals surface area contributed by atoms with Gasteiger partial charge in [0.1, 0.15) is 16.2 Å².